The summed E-state index contributed by atoms with van der Waals surface area (Å²) in [6.45, 7) is 7.63. The van der Waals surface area contributed by atoms with Crippen LogP contribution in [0.15, 0.2) is 56.4 Å². The molecule has 4 heterocycles. The minimum absolute atomic E-state index is 0.848. The normalized spacial score (nSPS) is 19.0. The summed E-state index contributed by atoms with van der Waals surface area (Å²) in [4.78, 5) is 38.1. The van der Waals surface area contributed by atoms with E-state index in [4.69, 9.17) is 20.0 Å². The first-order valence-corrected chi connectivity index (χ1v) is 15.4. The van der Waals surface area contributed by atoms with Crippen LogP contribution in [0.1, 0.15) is 0 Å². The number of benzene rings is 2. The Morgan fingerprint density at radius 1 is 0.341 bits per heavy atom. The van der Waals surface area contributed by atoms with Crippen LogP contribution >= 0.6 is 0 Å². The Morgan fingerprint density at radius 2 is 0.568 bits per heavy atom. The zero-order valence-corrected chi connectivity index (χ0v) is 27.5. The molecule has 12 heteroatoms. The van der Waals surface area contributed by atoms with Crippen LogP contribution in [0, 0.1) is 0 Å². The second-order valence-corrected chi connectivity index (χ2v) is 12.4. The lowest BCUT2D eigenvalue weighted by atomic mass is 10.0. The van der Waals surface area contributed by atoms with Gasteiger partial charge in [-0.25, -0.2) is 20.0 Å². The zero-order chi connectivity index (χ0) is 31.1. The summed E-state index contributed by atoms with van der Waals surface area (Å²) in [5.41, 5.74) is 5.54. The summed E-state index contributed by atoms with van der Waals surface area (Å²) >= 11 is 0. The number of aliphatic imine (C=N–C) groups is 4. The van der Waals surface area contributed by atoms with E-state index in [9.17, 15) is 0 Å². The van der Waals surface area contributed by atoms with Crippen molar-refractivity contribution >= 4 is 46.6 Å². The van der Waals surface area contributed by atoms with Gasteiger partial charge in [-0.05, 0) is 35.4 Å². The van der Waals surface area contributed by atoms with Crippen LogP contribution in [-0.4, -0.2) is 172 Å². The van der Waals surface area contributed by atoms with E-state index in [2.05, 4.69) is 132 Å². The fourth-order valence-electron chi connectivity index (χ4n) is 6.05. The highest BCUT2D eigenvalue weighted by atomic mass is 15.4. The molecule has 2 aromatic carbocycles. The van der Waals surface area contributed by atoms with Crippen LogP contribution in [0.3, 0.4) is 0 Å². The average molecular weight is 599 g/mol. The van der Waals surface area contributed by atoms with Gasteiger partial charge in [-0.3, -0.25) is 0 Å². The van der Waals surface area contributed by atoms with E-state index >= 15 is 0 Å². The van der Waals surface area contributed by atoms with Gasteiger partial charge in [-0.2, -0.15) is 0 Å². The van der Waals surface area contributed by atoms with Gasteiger partial charge in [0.05, 0.1) is 22.7 Å². The molecule has 4 aliphatic heterocycles. The fourth-order valence-corrected chi connectivity index (χ4v) is 6.05. The van der Waals surface area contributed by atoms with E-state index in [1.165, 1.54) is 0 Å². The van der Waals surface area contributed by atoms with E-state index in [0.717, 1.165) is 110 Å². The molecule has 0 aliphatic carbocycles. The van der Waals surface area contributed by atoms with Crippen LogP contribution in [0.5, 0.6) is 0 Å². The van der Waals surface area contributed by atoms with Crippen LogP contribution in [0.4, 0.5) is 22.7 Å². The smallest absolute Gasteiger partial charge is 0.201 e. The van der Waals surface area contributed by atoms with Crippen LogP contribution in [0.2, 0.25) is 0 Å². The van der Waals surface area contributed by atoms with Gasteiger partial charge in [0, 0.05) is 109 Å². The molecule has 0 unspecified atom stereocenters. The highest BCUT2D eigenvalue weighted by molar-refractivity contribution is 5.92. The van der Waals surface area contributed by atoms with Gasteiger partial charge in [0.25, 0.3) is 0 Å². The molecule has 4 fully saturated rings. The van der Waals surface area contributed by atoms with Gasteiger partial charge in [0.1, 0.15) is 0 Å². The maximum atomic E-state index is 5.18. The SMILES string of the molecule is CN1CCN(C)C1=Nc1ccc(-c2ccc(N=C3N(C)CCN3C)c(N=C3N(C)CCN3C)c2)cc1N=C1N(C)CCN1C. The van der Waals surface area contributed by atoms with Crippen molar-refractivity contribution in [3.8, 4) is 11.1 Å². The molecule has 234 valence electrons. The largest absolute Gasteiger partial charge is 0.344 e. The number of hydrogen-bond acceptors (Lipinski definition) is 4. The molecule has 0 N–H and O–H groups in total. The molecule has 2 aromatic rings. The second-order valence-electron chi connectivity index (χ2n) is 12.4. The number of nitrogens with zero attached hydrogens (tertiary/aromatic N) is 12. The highest BCUT2D eigenvalue weighted by Gasteiger charge is 2.25. The summed E-state index contributed by atoms with van der Waals surface area (Å²) < 4.78 is 0. The number of guanidine groups is 4. The quantitative estimate of drug-likeness (QED) is 0.521. The highest BCUT2D eigenvalue weighted by Crippen LogP contribution is 2.39. The Balaban J connectivity index is 1.46. The molecule has 0 spiro atoms. The van der Waals surface area contributed by atoms with Crippen molar-refractivity contribution in [1.82, 2.24) is 39.2 Å². The molecule has 0 bridgehead atoms. The summed E-state index contributed by atoms with van der Waals surface area (Å²) in [5.74, 6) is 3.82. The summed E-state index contributed by atoms with van der Waals surface area (Å²) in [6, 6.07) is 12.8. The van der Waals surface area contributed by atoms with E-state index in [1.54, 1.807) is 0 Å². The van der Waals surface area contributed by atoms with Crippen molar-refractivity contribution in [3.63, 3.8) is 0 Å². The zero-order valence-electron chi connectivity index (χ0n) is 27.5. The maximum absolute atomic E-state index is 5.18. The molecule has 4 saturated heterocycles. The van der Waals surface area contributed by atoms with E-state index in [1.807, 2.05) is 0 Å². The van der Waals surface area contributed by atoms with Crippen molar-refractivity contribution in [2.24, 2.45) is 20.0 Å². The maximum Gasteiger partial charge on any atom is 0.201 e. The predicted molar refractivity (Wildman–Crippen MR) is 181 cm³/mol. The molecule has 0 radical (unpaired) electrons. The van der Waals surface area contributed by atoms with Crippen LogP contribution in [-0.2, 0) is 0 Å². The third-order valence-electron chi connectivity index (χ3n) is 8.98. The summed E-state index contributed by atoms with van der Waals surface area (Å²) in [5, 5.41) is 0. The number of rotatable bonds is 5. The predicted octanol–water partition coefficient (Wildman–Crippen LogP) is 2.81. The van der Waals surface area contributed by atoms with Crippen molar-refractivity contribution in [2.75, 3.05) is 109 Å². The molecule has 4 aliphatic rings. The minimum Gasteiger partial charge on any atom is -0.344 e. The van der Waals surface area contributed by atoms with Crippen molar-refractivity contribution in [1.29, 1.82) is 0 Å². The molecule has 6 rings (SSSR count). The van der Waals surface area contributed by atoms with Crippen molar-refractivity contribution in [3.05, 3.63) is 36.4 Å². The number of hydrogen-bond donors (Lipinski definition) is 0. The van der Waals surface area contributed by atoms with Gasteiger partial charge in [-0.15, -0.1) is 0 Å². The molecular weight excluding hydrogens is 552 g/mol. The van der Waals surface area contributed by atoms with Crippen LogP contribution < -0.4 is 0 Å². The standard InChI is InChI=1S/C32H46N12/c1-37-13-14-38(2)29(37)33-25-11-9-23(21-27(25)35-31-41(5)17-18-42(31)6)24-10-12-26(34-30-39(3)15-16-40(30)4)28(22-24)36-32-43(7)19-20-44(32)8/h9-12,21-22H,13-20H2,1-8H3. The van der Waals surface area contributed by atoms with Gasteiger partial charge in [0.2, 0.25) is 23.8 Å². The Morgan fingerprint density at radius 3 is 0.818 bits per heavy atom. The van der Waals surface area contributed by atoms with Gasteiger partial charge < -0.3 is 39.2 Å². The molecule has 0 aromatic heterocycles. The van der Waals surface area contributed by atoms with Gasteiger partial charge >= 0.3 is 0 Å². The Kier molecular flexibility index (Phi) is 8.00. The van der Waals surface area contributed by atoms with Gasteiger partial charge in [-0.1, -0.05) is 12.1 Å². The molecule has 44 heavy (non-hydrogen) atoms. The molecule has 0 atom stereocenters. The van der Waals surface area contributed by atoms with E-state index in [0.29, 0.717) is 0 Å². The average Bonchev–Trinajstić information content (AvgIpc) is 3.71. The fraction of sp³-hybridized carbons (Fsp3) is 0.500. The molecule has 0 amide bonds. The third kappa shape index (κ3) is 5.72. The minimum atomic E-state index is 0.848. The van der Waals surface area contributed by atoms with Gasteiger partial charge in [0.15, 0.2) is 0 Å². The topological polar surface area (TPSA) is 75.4 Å². The summed E-state index contributed by atoms with van der Waals surface area (Å²) in [6.07, 6.45) is 0. The van der Waals surface area contributed by atoms with E-state index < -0.39 is 0 Å². The van der Waals surface area contributed by atoms with E-state index in [-0.39, 0.29) is 0 Å². The first kappa shape index (κ1) is 29.6. The monoisotopic (exact) mass is 598 g/mol. The third-order valence-corrected chi connectivity index (χ3v) is 8.98. The Bertz CT molecular complexity index is 1370. The summed E-state index contributed by atoms with van der Waals surface area (Å²) in [7, 11) is 16.8. The molecule has 12 nitrogen and oxygen atoms in total. The molecule has 0 saturated carbocycles. The second kappa shape index (κ2) is 11.9. The lowest BCUT2D eigenvalue weighted by Gasteiger charge is -2.19. The Hall–Kier alpha value is -4.48. The van der Waals surface area contributed by atoms with Crippen LogP contribution in [0.25, 0.3) is 11.1 Å². The first-order valence-electron chi connectivity index (χ1n) is 15.4. The lowest BCUT2D eigenvalue weighted by Crippen LogP contribution is -2.28. The lowest BCUT2D eigenvalue weighted by molar-refractivity contribution is 0.553. The number of likely N-dealkylation sites (N-methyl/N-ethyl adjacent to an activating group) is 8. The van der Waals surface area contributed by atoms with Crippen molar-refractivity contribution in [2.45, 2.75) is 0 Å². The van der Waals surface area contributed by atoms with Crippen molar-refractivity contribution < 1.29 is 0 Å². The molecular formula is C32H46N12. The first-order chi connectivity index (χ1) is 21.1. The Labute approximate surface area is 261 Å².